The third-order valence-corrected chi connectivity index (χ3v) is 17.9. The van der Waals surface area contributed by atoms with Crippen molar-refractivity contribution in [3.05, 3.63) is 0 Å². The highest BCUT2D eigenvalue weighted by Crippen LogP contribution is 2.46. The molecular weight excluding hydrogens is 1010 g/mol. The molecule has 0 radical (unpaired) electrons. The number of piperidine rings is 4. The molecule has 16 heteroatoms. The molecule has 0 atom stereocenters. The van der Waals surface area contributed by atoms with Crippen LogP contribution >= 0.6 is 0 Å². The monoisotopic (exact) mass is 1130 g/mol. The molecule has 4 saturated heterocycles. The molecule has 466 valence electrons. The summed E-state index contributed by atoms with van der Waals surface area (Å²) in [6.07, 6.45) is 20.3. The zero-order valence-electron chi connectivity index (χ0n) is 55.4. The normalized spacial score (nSPS) is 23.8. The van der Waals surface area contributed by atoms with Gasteiger partial charge in [0.15, 0.2) is 0 Å². The summed E-state index contributed by atoms with van der Waals surface area (Å²) in [6, 6.07) is 0.520. The van der Waals surface area contributed by atoms with Gasteiger partial charge in [-0.15, -0.1) is 0 Å². The first-order chi connectivity index (χ1) is 36.7. The molecule has 16 nitrogen and oxygen atoms in total. The van der Waals surface area contributed by atoms with Crippen LogP contribution in [0, 0.1) is 0 Å². The van der Waals surface area contributed by atoms with Crippen molar-refractivity contribution in [2.45, 2.75) is 348 Å². The molecule has 0 N–H and O–H groups in total. The maximum absolute atomic E-state index is 12.7. The summed E-state index contributed by atoms with van der Waals surface area (Å²) in [5.41, 5.74) is -2.94. The summed E-state index contributed by atoms with van der Waals surface area (Å²) in [5.74, 6) is 0. The van der Waals surface area contributed by atoms with E-state index in [1.165, 1.54) is 0 Å². The van der Waals surface area contributed by atoms with Gasteiger partial charge < -0.3 is 19.6 Å². The summed E-state index contributed by atoms with van der Waals surface area (Å²) in [6.45, 7) is 52.4. The van der Waals surface area contributed by atoms with Gasteiger partial charge in [-0.05, 0) is 229 Å². The van der Waals surface area contributed by atoms with Crippen LogP contribution in [0.25, 0.3) is 0 Å². The van der Waals surface area contributed by atoms with E-state index in [0.717, 1.165) is 148 Å². The summed E-state index contributed by atoms with van der Waals surface area (Å²) in [5, 5.41) is 8.72. The Kier molecular flexibility index (Phi) is 24.3. The fraction of sp³-hybridized carbons (Fsp3) is 0.938. The van der Waals surface area contributed by atoms with Crippen LogP contribution in [0.4, 0.5) is 0 Å². The predicted molar refractivity (Wildman–Crippen MR) is 323 cm³/mol. The highest BCUT2D eigenvalue weighted by Gasteiger charge is 2.53. The Labute approximate surface area is 489 Å². The van der Waals surface area contributed by atoms with Crippen LogP contribution in [0.3, 0.4) is 0 Å². The van der Waals surface area contributed by atoms with Gasteiger partial charge in [0.1, 0.15) is 0 Å². The number of carbonyl (C=O) groups excluding carboxylic acids is 4. The zero-order chi connectivity index (χ0) is 60.6. The van der Waals surface area contributed by atoms with Crippen LogP contribution in [0.1, 0.15) is 268 Å². The third kappa shape index (κ3) is 19.0. The second-order valence-electron chi connectivity index (χ2n) is 31.6. The second-order valence-corrected chi connectivity index (χ2v) is 31.6. The number of rotatable bonds is 32. The summed E-state index contributed by atoms with van der Waals surface area (Å²) >= 11 is 0. The SMILES string of the molecule is CCCON1C(C)(C)CC(N(C=O)CCCCCCN(C=O)C2CC(C)(C)N(OC(C)(C)CCON3C(C)(C)CC(N(C=O)CCCCCCN(C=O)C4CC(C)(C)N(OC(C)(C)C)C(C)(C)C4)CC3(C)C)C(C)(C)C2)CC1(C)C. The van der Waals surface area contributed by atoms with Gasteiger partial charge >= 0.3 is 0 Å². The van der Waals surface area contributed by atoms with Crippen molar-refractivity contribution < 1.29 is 38.5 Å². The van der Waals surface area contributed by atoms with E-state index in [4.69, 9.17) is 19.4 Å². The van der Waals surface area contributed by atoms with Crippen molar-refractivity contribution in [3.63, 3.8) is 0 Å². The number of unbranched alkanes of at least 4 members (excludes halogenated alkanes) is 6. The summed E-state index contributed by atoms with van der Waals surface area (Å²) in [4.78, 5) is 84.9. The molecule has 4 heterocycles. The average Bonchev–Trinajstić information content (AvgIpc) is 3.30. The maximum atomic E-state index is 12.7. The van der Waals surface area contributed by atoms with Gasteiger partial charge in [-0.3, -0.25) is 38.5 Å². The van der Waals surface area contributed by atoms with Gasteiger partial charge in [0.25, 0.3) is 0 Å². The first-order valence-corrected chi connectivity index (χ1v) is 31.4. The molecule has 0 aromatic heterocycles. The fourth-order valence-corrected chi connectivity index (χ4v) is 15.3. The molecule has 0 saturated carbocycles. The van der Waals surface area contributed by atoms with Gasteiger partial charge in [-0.1, -0.05) is 32.6 Å². The molecule has 0 aromatic carbocycles. The van der Waals surface area contributed by atoms with Gasteiger partial charge in [-0.2, -0.15) is 20.3 Å². The van der Waals surface area contributed by atoms with E-state index in [9.17, 15) is 19.2 Å². The van der Waals surface area contributed by atoms with E-state index >= 15 is 0 Å². The number of hydroxylamine groups is 8. The lowest BCUT2D eigenvalue weighted by Crippen LogP contribution is -2.65. The van der Waals surface area contributed by atoms with Gasteiger partial charge in [0.2, 0.25) is 25.6 Å². The largest absolute Gasteiger partial charge is 0.342 e. The van der Waals surface area contributed by atoms with E-state index in [1.54, 1.807) is 0 Å². The molecular formula is C64H122N8O8. The first kappa shape index (κ1) is 70.0. The highest BCUT2D eigenvalue weighted by molar-refractivity contribution is 5.49. The van der Waals surface area contributed by atoms with Crippen LogP contribution < -0.4 is 0 Å². The Balaban J connectivity index is 1.21. The van der Waals surface area contributed by atoms with Crippen molar-refractivity contribution in [2.24, 2.45) is 0 Å². The zero-order valence-corrected chi connectivity index (χ0v) is 55.4. The van der Waals surface area contributed by atoms with Crippen molar-refractivity contribution in [1.29, 1.82) is 0 Å². The summed E-state index contributed by atoms with van der Waals surface area (Å²) in [7, 11) is 0. The minimum Gasteiger partial charge on any atom is -0.342 e. The van der Waals surface area contributed by atoms with E-state index in [-0.39, 0.29) is 74.1 Å². The number of amides is 4. The molecule has 80 heavy (non-hydrogen) atoms. The minimum atomic E-state index is -0.530. The molecule has 0 spiro atoms. The molecule has 0 bridgehead atoms. The standard InChI is InChI=1S/C64H122N8O8/c1-23-37-77-69-56(5,6)39-51(40-57(69,7)8)65(47-73)33-28-25-27-31-36-68(50-76)54-45-62(17,18)72(63(19,20)46-54)80-64(21,22)32-38-78-70-58(9,10)41-52(42-59(70,11)12)66(48-74)34-29-24-26-30-35-67(49-75)53-43-60(13,14)71(61(15,16)44-53)79-55(2,3)4/h47-54H,23-46H2,1-22H3. The number of hydrogen-bond acceptors (Lipinski definition) is 12. The fourth-order valence-electron chi connectivity index (χ4n) is 15.3. The Morgan fingerprint density at radius 2 is 0.613 bits per heavy atom. The Bertz CT molecular complexity index is 1880. The van der Waals surface area contributed by atoms with E-state index in [2.05, 4.69) is 173 Å². The summed E-state index contributed by atoms with van der Waals surface area (Å²) < 4.78 is 0. The molecule has 4 aliphatic rings. The number of carbonyl (C=O) groups is 4. The van der Waals surface area contributed by atoms with Crippen molar-refractivity contribution in [3.8, 4) is 0 Å². The van der Waals surface area contributed by atoms with Crippen LogP contribution in [0.15, 0.2) is 0 Å². The maximum Gasteiger partial charge on any atom is 0.209 e. The van der Waals surface area contributed by atoms with Crippen LogP contribution in [-0.2, 0) is 38.5 Å². The smallest absolute Gasteiger partial charge is 0.209 e. The molecule has 0 aliphatic carbocycles. The van der Waals surface area contributed by atoms with E-state index < -0.39 is 5.60 Å². The Morgan fingerprint density at radius 1 is 0.375 bits per heavy atom. The van der Waals surface area contributed by atoms with Gasteiger partial charge in [0.05, 0.1) is 24.4 Å². The van der Waals surface area contributed by atoms with Gasteiger partial charge in [-0.25, -0.2) is 0 Å². The van der Waals surface area contributed by atoms with Crippen LogP contribution in [0.5, 0.6) is 0 Å². The third-order valence-electron chi connectivity index (χ3n) is 17.9. The van der Waals surface area contributed by atoms with Crippen molar-refractivity contribution in [2.75, 3.05) is 39.4 Å². The Morgan fingerprint density at radius 3 is 0.850 bits per heavy atom. The first-order valence-electron chi connectivity index (χ1n) is 31.4. The lowest BCUT2D eigenvalue weighted by atomic mass is 9.78. The highest BCUT2D eigenvalue weighted by atomic mass is 16.7. The minimum absolute atomic E-state index is 0.0940. The number of nitrogens with zero attached hydrogens (tertiary/aromatic N) is 8. The van der Waals surface area contributed by atoms with Crippen molar-refractivity contribution >= 4 is 25.6 Å². The van der Waals surface area contributed by atoms with Gasteiger partial charge in [0, 0.05) is 101 Å². The number of hydrogen-bond donors (Lipinski definition) is 0. The van der Waals surface area contributed by atoms with Crippen molar-refractivity contribution in [1.82, 2.24) is 39.9 Å². The molecule has 4 fully saturated rings. The van der Waals surface area contributed by atoms with E-state index in [0.29, 0.717) is 32.7 Å². The molecule has 4 rings (SSSR count). The lowest BCUT2D eigenvalue weighted by molar-refractivity contribution is -0.342. The molecule has 0 unspecified atom stereocenters. The Hall–Kier alpha value is -2.44. The average molecular weight is 1130 g/mol. The van der Waals surface area contributed by atoms with Crippen LogP contribution in [-0.4, -0.2) is 185 Å². The predicted octanol–water partition coefficient (Wildman–Crippen LogP) is 12.1. The second kappa shape index (κ2) is 27.7. The van der Waals surface area contributed by atoms with E-state index in [1.807, 2.05) is 19.6 Å². The quantitative estimate of drug-likeness (QED) is 0.0469. The topological polar surface area (TPSA) is 131 Å². The van der Waals surface area contributed by atoms with Crippen LogP contribution in [0.2, 0.25) is 0 Å². The molecule has 0 aromatic rings. The molecule has 4 amide bonds. The molecule has 4 aliphatic heterocycles. The lowest BCUT2D eigenvalue weighted by Gasteiger charge is -2.57.